The Morgan fingerprint density at radius 3 is 2.85 bits per heavy atom. The van der Waals surface area contributed by atoms with Gasteiger partial charge in [-0.2, -0.15) is 0 Å². The minimum atomic E-state index is -0.687. The van der Waals surface area contributed by atoms with Gasteiger partial charge in [0.1, 0.15) is 23.2 Å². The van der Waals surface area contributed by atoms with E-state index in [0.29, 0.717) is 6.54 Å². The average molecular weight is 276 g/mol. The molecule has 1 amide bonds. The first-order valence-electron chi connectivity index (χ1n) is 6.71. The van der Waals surface area contributed by atoms with E-state index in [2.05, 4.69) is 4.99 Å². The number of hydrogen-bond acceptors (Lipinski definition) is 2. The third kappa shape index (κ3) is 2.35. The number of halogens is 2. The summed E-state index contributed by atoms with van der Waals surface area (Å²) in [4.78, 5) is 18.2. The second-order valence-corrected chi connectivity index (χ2v) is 4.99. The largest absolute Gasteiger partial charge is 0.295 e. The van der Waals surface area contributed by atoms with Crippen molar-refractivity contribution in [2.24, 2.45) is 4.99 Å². The molecule has 0 aliphatic carbocycles. The van der Waals surface area contributed by atoms with Crippen LogP contribution in [0.3, 0.4) is 0 Å². The van der Waals surface area contributed by atoms with Gasteiger partial charge < -0.3 is 0 Å². The third-order valence-corrected chi connectivity index (χ3v) is 3.56. The molecule has 2 aliphatic heterocycles. The molecule has 1 fully saturated rings. The summed E-state index contributed by atoms with van der Waals surface area (Å²) in [5.41, 5.74) is 0.407. The van der Waals surface area contributed by atoms with Crippen LogP contribution in [0.5, 0.6) is 0 Å². The molecule has 1 saturated heterocycles. The first-order chi connectivity index (χ1) is 9.65. The Morgan fingerprint density at radius 1 is 1.20 bits per heavy atom. The maximum atomic E-state index is 13.6. The molecule has 1 aromatic rings. The van der Waals surface area contributed by atoms with E-state index in [1.807, 2.05) is 0 Å². The monoisotopic (exact) mass is 276 g/mol. The van der Waals surface area contributed by atoms with Crippen molar-refractivity contribution >= 4 is 17.8 Å². The van der Waals surface area contributed by atoms with Gasteiger partial charge in [0.2, 0.25) is 0 Å². The Morgan fingerprint density at radius 2 is 2.05 bits per heavy atom. The van der Waals surface area contributed by atoms with E-state index in [1.54, 1.807) is 4.90 Å². The number of aliphatic imine (C=N–C) groups is 1. The fourth-order valence-corrected chi connectivity index (χ4v) is 2.51. The topological polar surface area (TPSA) is 32.7 Å². The summed E-state index contributed by atoms with van der Waals surface area (Å²) in [6.07, 6.45) is 5.23. The number of benzene rings is 1. The first kappa shape index (κ1) is 13.0. The molecule has 0 unspecified atom stereocenters. The Kier molecular flexibility index (Phi) is 3.34. The lowest BCUT2D eigenvalue weighted by Crippen LogP contribution is -2.31. The molecule has 1 aromatic carbocycles. The average Bonchev–Trinajstić information content (AvgIpc) is 2.61. The van der Waals surface area contributed by atoms with E-state index in [4.69, 9.17) is 0 Å². The highest BCUT2D eigenvalue weighted by molar-refractivity contribution is 6.14. The molecule has 20 heavy (non-hydrogen) atoms. The fourth-order valence-electron chi connectivity index (χ4n) is 2.51. The summed E-state index contributed by atoms with van der Waals surface area (Å²) in [5.74, 6) is -0.748. The normalized spacial score (nSPS) is 20.9. The van der Waals surface area contributed by atoms with Crippen molar-refractivity contribution in [3.8, 4) is 0 Å². The molecule has 0 radical (unpaired) electrons. The first-order valence-corrected chi connectivity index (χ1v) is 6.71. The predicted octanol–water partition coefficient (Wildman–Crippen LogP) is 3.12. The van der Waals surface area contributed by atoms with Crippen LogP contribution in [0, 0.1) is 11.6 Å². The molecule has 2 heterocycles. The number of rotatable bonds is 1. The summed E-state index contributed by atoms with van der Waals surface area (Å²) in [7, 11) is 0. The zero-order valence-electron chi connectivity index (χ0n) is 10.9. The molecule has 0 bridgehead atoms. The predicted molar refractivity (Wildman–Crippen MR) is 72.0 cm³/mol. The van der Waals surface area contributed by atoms with E-state index in [9.17, 15) is 13.6 Å². The van der Waals surface area contributed by atoms with Crippen molar-refractivity contribution in [2.45, 2.75) is 25.7 Å². The molecule has 3 nitrogen and oxygen atoms in total. The van der Waals surface area contributed by atoms with E-state index in [-0.39, 0.29) is 17.2 Å². The Labute approximate surface area is 115 Å². The minimum absolute atomic E-state index is 0.178. The standard InChI is InChI=1S/C15H14F2N2O/c16-11-6-5-10(12(17)9-11)8-13-15(20)19-7-3-1-2-4-14(19)18-13/h5-6,8-9H,1-4,7H2. The highest BCUT2D eigenvalue weighted by Gasteiger charge is 2.30. The van der Waals surface area contributed by atoms with Crippen molar-refractivity contribution < 1.29 is 13.6 Å². The molecule has 3 rings (SSSR count). The Hall–Kier alpha value is -2.04. The van der Waals surface area contributed by atoms with Crippen LogP contribution in [-0.4, -0.2) is 23.2 Å². The summed E-state index contributed by atoms with van der Waals surface area (Å²) < 4.78 is 26.5. The second kappa shape index (κ2) is 5.15. The highest BCUT2D eigenvalue weighted by atomic mass is 19.1. The molecule has 2 aliphatic rings. The van der Waals surface area contributed by atoms with Gasteiger partial charge >= 0.3 is 0 Å². The fraction of sp³-hybridized carbons (Fsp3) is 0.333. The van der Waals surface area contributed by atoms with E-state index in [1.165, 1.54) is 18.2 Å². The number of hydrogen-bond donors (Lipinski definition) is 0. The van der Waals surface area contributed by atoms with Crippen LogP contribution in [0.4, 0.5) is 8.78 Å². The highest BCUT2D eigenvalue weighted by Crippen LogP contribution is 2.24. The van der Waals surface area contributed by atoms with Crippen LogP contribution in [-0.2, 0) is 4.79 Å². The summed E-state index contributed by atoms with van der Waals surface area (Å²) in [5, 5.41) is 0. The quantitative estimate of drug-likeness (QED) is 0.725. The van der Waals surface area contributed by atoms with Gasteiger partial charge in [-0.3, -0.25) is 9.69 Å². The van der Waals surface area contributed by atoms with Crippen molar-refractivity contribution in [3.05, 3.63) is 41.1 Å². The molecule has 104 valence electrons. The number of carbonyl (C=O) groups is 1. The van der Waals surface area contributed by atoms with Gasteiger partial charge in [-0.25, -0.2) is 13.8 Å². The zero-order valence-corrected chi connectivity index (χ0v) is 10.9. The van der Waals surface area contributed by atoms with E-state index < -0.39 is 11.6 Å². The van der Waals surface area contributed by atoms with Crippen molar-refractivity contribution in [1.29, 1.82) is 0 Å². The minimum Gasteiger partial charge on any atom is -0.295 e. The van der Waals surface area contributed by atoms with Gasteiger partial charge in [0.25, 0.3) is 5.91 Å². The lowest BCUT2D eigenvalue weighted by atomic mass is 10.1. The number of carbonyl (C=O) groups excluding carboxylic acids is 1. The van der Waals surface area contributed by atoms with Gasteiger partial charge in [-0.05, 0) is 31.1 Å². The smallest absolute Gasteiger partial charge is 0.277 e. The van der Waals surface area contributed by atoms with Gasteiger partial charge in [0.05, 0.1) is 0 Å². The molecule has 5 heteroatoms. The zero-order chi connectivity index (χ0) is 14.1. The van der Waals surface area contributed by atoms with Gasteiger partial charge in [-0.1, -0.05) is 6.42 Å². The lowest BCUT2D eigenvalue weighted by molar-refractivity contribution is -0.122. The molecule has 0 N–H and O–H groups in total. The molecular formula is C15H14F2N2O. The Bertz CT molecular complexity index is 622. The summed E-state index contributed by atoms with van der Waals surface area (Å²) >= 11 is 0. The molecule has 0 aromatic heterocycles. The number of amidine groups is 1. The lowest BCUT2D eigenvalue weighted by Gasteiger charge is -2.14. The van der Waals surface area contributed by atoms with Gasteiger partial charge in [0, 0.05) is 24.6 Å². The number of nitrogens with zero attached hydrogens (tertiary/aromatic N) is 2. The van der Waals surface area contributed by atoms with Crippen molar-refractivity contribution in [3.63, 3.8) is 0 Å². The molecule has 0 atom stereocenters. The van der Waals surface area contributed by atoms with Crippen LogP contribution in [0.2, 0.25) is 0 Å². The van der Waals surface area contributed by atoms with Crippen molar-refractivity contribution in [2.75, 3.05) is 6.54 Å². The number of amides is 1. The molecule has 0 spiro atoms. The second-order valence-electron chi connectivity index (χ2n) is 4.99. The Balaban J connectivity index is 1.94. The molecular weight excluding hydrogens is 262 g/mol. The van der Waals surface area contributed by atoms with Crippen molar-refractivity contribution in [1.82, 2.24) is 4.90 Å². The maximum Gasteiger partial charge on any atom is 0.277 e. The van der Waals surface area contributed by atoms with E-state index in [0.717, 1.165) is 37.6 Å². The molecule has 0 saturated carbocycles. The summed E-state index contributed by atoms with van der Waals surface area (Å²) in [6, 6.07) is 3.28. The van der Waals surface area contributed by atoms with Gasteiger partial charge in [0.15, 0.2) is 0 Å². The van der Waals surface area contributed by atoms with Crippen LogP contribution >= 0.6 is 0 Å². The third-order valence-electron chi connectivity index (χ3n) is 3.56. The van der Waals surface area contributed by atoms with Crippen LogP contribution in [0.25, 0.3) is 6.08 Å². The van der Waals surface area contributed by atoms with Gasteiger partial charge in [-0.15, -0.1) is 0 Å². The SMILES string of the molecule is O=C1C(=Cc2ccc(F)cc2F)N=C2CCCCCN12. The maximum absolute atomic E-state index is 13.6. The van der Waals surface area contributed by atoms with Crippen LogP contribution in [0.1, 0.15) is 31.2 Å². The van der Waals surface area contributed by atoms with Crippen LogP contribution < -0.4 is 0 Å². The number of fused-ring (bicyclic) bond motifs is 1. The van der Waals surface area contributed by atoms with Crippen LogP contribution in [0.15, 0.2) is 28.9 Å². The van der Waals surface area contributed by atoms with E-state index >= 15 is 0 Å². The summed E-state index contributed by atoms with van der Waals surface area (Å²) in [6.45, 7) is 0.668.